The molecule has 2 aliphatic rings. The van der Waals surface area contributed by atoms with Gasteiger partial charge in [0.05, 0.1) is 0 Å². The van der Waals surface area contributed by atoms with Gasteiger partial charge in [-0.1, -0.05) is 24.3 Å². The lowest BCUT2D eigenvalue weighted by Gasteiger charge is -2.36. The Morgan fingerprint density at radius 3 is 2.30 bits per heavy atom. The Balaban J connectivity index is 1.57. The minimum absolute atomic E-state index is 0.0443. The van der Waals surface area contributed by atoms with Gasteiger partial charge in [0, 0.05) is 46.2 Å². The van der Waals surface area contributed by atoms with Crippen LogP contribution in [0.15, 0.2) is 24.3 Å². The zero-order valence-electron chi connectivity index (χ0n) is 14.0. The Kier molecular flexibility index (Phi) is 4.55. The highest BCUT2D eigenvalue weighted by Crippen LogP contribution is 2.24. The molecule has 0 spiro atoms. The number of benzene rings is 1. The van der Waals surface area contributed by atoms with Crippen molar-refractivity contribution in [2.45, 2.75) is 25.8 Å². The Morgan fingerprint density at radius 1 is 1.00 bits per heavy atom. The van der Waals surface area contributed by atoms with Crippen LogP contribution in [-0.4, -0.2) is 60.4 Å². The largest absolute Gasteiger partial charge is 0.338 e. The van der Waals surface area contributed by atoms with Crippen molar-refractivity contribution in [3.05, 3.63) is 35.4 Å². The number of rotatable bonds is 1. The number of urea groups is 1. The summed E-state index contributed by atoms with van der Waals surface area (Å²) in [6.07, 6.45) is 2.49. The van der Waals surface area contributed by atoms with E-state index >= 15 is 0 Å². The molecule has 1 fully saturated rings. The van der Waals surface area contributed by atoms with E-state index in [9.17, 15) is 9.59 Å². The van der Waals surface area contributed by atoms with Gasteiger partial charge >= 0.3 is 6.03 Å². The molecule has 0 N–H and O–H groups in total. The molecule has 2 heterocycles. The number of fused-ring (bicyclic) bond motifs is 1. The molecule has 0 aromatic heterocycles. The first-order valence-corrected chi connectivity index (χ1v) is 8.38. The van der Waals surface area contributed by atoms with Crippen LogP contribution in [0.25, 0.3) is 0 Å². The molecule has 2 aliphatic heterocycles. The fourth-order valence-corrected chi connectivity index (χ4v) is 3.54. The number of piperidine rings is 1. The molecule has 0 bridgehead atoms. The van der Waals surface area contributed by atoms with Crippen LogP contribution >= 0.6 is 0 Å². The molecule has 0 saturated carbocycles. The van der Waals surface area contributed by atoms with Crippen LogP contribution < -0.4 is 0 Å². The van der Waals surface area contributed by atoms with E-state index in [2.05, 4.69) is 18.2 Å². The lowest BCUT2D eigenvalue weighted by molar-refractivity contribution is -0.137. The molecular formula is C18H25N3O2. The quantitative estimate of drug-likeness (QED) is 0.795. The molecule has 3 amide bonds. The molecule has 3 rings (SSSR count). The normalized spacial score (nSPS) is 18.5. The van der Waals surface area contributed by atoms with Crippen LogP contribution in [0.5, 0.6) is 0 Å². The summed E-state index contributed by atoms with van der Waals surface area (Å²) < 4.78 is 0. The fraction of sp³-hybridized carbons (Fsp3) is 0.556. The van der Waals surface area contributed by atoms with Crippen molar-refractivity contribution in [1.29, 1.82) is 0 Å². The summed E-state index contributed by atoms with van der Waals surface area (Å²) in [5, 5.41) is 0. The Labute approximate surface area is 137 Å². The van der Waals surface area contributed by atoms with Gasteiger partial charge in [-0.3, -0.25) is 4.79 Å². The van der Waals surface area contributed by atoms with Gasteiger partial charge in [0.15, 0.2) is 0 Å². The Morgan fingerprint density at radius 2 is 1.65 bits per heavy atom. The van der Waals surface area contributed by atoms with Crippen LogP contribution in [0.3, 0.4) is 0 Å². The number of nitrogens with zero attached hydrogens (tertiary/aromatic N) is 3. The highest BCUT2D eigenvalue weighted by molar-refractivity contribution is 5.80. The second-order valence-electron chi connectivity index (χ2n) is 6.72. The van der Waals surface area contributed by atoms with E-state index in [1.807, 2.05) is 15.9 Å². The van der Waals surface area contributed by atoms with E-state index in [4.69, 9.17) is 0 Å². The maximum absolute atomic E-state index is 12.8. The first kappa shape index (κ1) is 15.8. The van der Waals surface area contributed by atoms with Crippen LogP contribution in [0, 0.1) is 5.92 Å². The zero-order chi connectivity index (χ0) is 16.4. The minimum Gasteiger partial charge on any atom is -0.338 e. The third-order valence-electron chi connectivity index (χ3n) is 4.94. The lowest BCUT2D eigenvalue weighted by atomic mass is 9.93. The van der Waals surface area contributed by atoms with E-state index in [1.54, 1.807) is 19.0 Å². The molecule has 5 nitrogen and oxygen atoms in total. The topological polar surface area (TPSA) is 43.9 Å². The highest BCUT2D eigenvalue weighted by atomic mass is 16.2. The lowest BCUT2D eigenvalue weighted by Crippen LogP contribution is -2.47. The summed E-state index contributed by atoms with van der Waals surface area (Å²) in [6.45, 7) is 2.90. The summed E-state index contributed by atoms with van der Waals surface area (Å²) in [4.78, 5) is 30.2. The second kappa shape index (κ2) is 6.60. The smallest absolute Gasteiger partial charge is 0.319 e. The van der Waals surface area contributed by atoms with E-state index < -0.39 is 0 Å². The minimum atomic E-state index is 0.0443. The summed E-state index contributed by atoms with van der Waals surface area (Å²) in [5.74, 6) is 0.322. The monoisotopic (exact) mass is 315 g/mol. The summed E-state index contributed by atoms with van der Waals surface area (Å²) in [7, 11) is 3.54. The summed E-state index contributed by atoms with van der Waals surface area (Å²) >= 11 is 0. The van der Waals surface area contributed by atoms with Gasteiger partial charge in [0.1, 0.15) is 0 Å². The van der Waals surface area contributed by atoms with Crippen molar-refractivity contribution in [1.82, 2.24) is 14.7 Å². The van der Waals surface area contributed by atoms with Gasteiger partial charge in [0.25, 0.3) is 0 Å². The van der Waals surface area contributed by atoms with Crippen molar-refractivity contribution >= 4 is 11.9 Å². The van der Waals surface area contributed by atoms with Crippen LogP contribution in [0.4, 0.5) is 4.79 Å². The third-order valence-corrected chi connectivity index (χ3v) is 4.94. The first-order chi connectivity index (χ1) is 11.1. The van der Waals surface area contributed by atoms with Gasteiger partial charge in [0.2, 0.25) is 5.91 Å². The number of hydrogen-bond donors (Lipinski definition) is 0. The maximum Gasteiger partial charge on any atom is 0.319 e. The average molecular weight is 315 g/mol. The van der Waals surface area contributed by atoms with Gasteiger partial charge in [-0.25, -0.2) is 4.79 Å². The molecule has 5 heteroatoms. The molecule has 124 valence electrons. The molecule has 1 aromatic rings. The number of carbonyl (C=O) groups excluding carboxylic acids is 2. The Hall–Kier alpha value is -2.04. The summed E-state index contributed by atoms with van der Waals surface area (Å²) in [5.41, 5.74) is 2.63. The maximum atomic E-state index is 12.8. The van der Waals surface area contributed by atoms with Crippen molar-refractivity contribution in [3.63, 3.8) is 0 Å². The van der Waals surface area contributed by atoms with E-state index in [1.165, 1.54) is 11.1 Å². The van der Waals surface area contributed by atoms with E-state index in [0.29, 0.717) is 13.1 Å². The molecule has 0 aliphatic carbocycles. The van der Waals surface area contributed by atoms with Gasteiger partial charge in [-0.15, -0.1) is 0 Å². The van der Waals surface area contributed by atoms with Crippen LogP contribution in [0.2, 0.25) is 0 Å². The van der Waals surface area contributed by atoms with Gasteiger partial charge in [-0.05, 0) is 30.4 Å². The molecule has 0 atom stereocenters. The van der Waals surface area contributed by atoms with Crippen molar-refractivity contribution < 1.29 is 9.59 Å². The summed E-state index contributed by atoms with van der Waals surface area (Å²) in [6, 6.07) is 8.42. The predicted octanol–water partition coefficient (Wildman–Crippen LogP) is 1.96. The van der Waals surface area contributed by atoms with Crippen molar-refractivity contribution in [2.24, 2.45) is 5.92 Å². The van der Waals surface area contributed by atoms with Crippen molar-refractivity contribution in [2.75, 3.05) is 33.7 Å². The van der Waals surface area contributed by atoms with Crippen LogP contribution in [-0.2, 0) is 17.8 Å². The van der Waals surface area contributed by atoms with Gasteiger partial charge < -0.3 is 14.7 Å². The molecule has 23 heavy (non-hydrogen) atoms. The number of amides is 3. The SMILES string of the molecule is CN(C)C(=O)N1CCC(C(=O)N2CCc3ccccc3C2)CC1. The van der Waals surface area contributed by atoms with E-state index in [0.717, 1.165) is 32.4 Å². The second-order valence-corrected chi connectivity index (χ2v) is 6.72. The van der Waals surface area contributed by atoms with Gasteiger partial charge in [-0.2, -0.15) is 0 Å². The molecular weight excluding hydrogens is 290 g/mol. The molecule has 1 aromatic carbocycles. The number of likely N-dealkylation sites (tertiary alicyclic amines) is 1. The number of carbonyl (C=O) groups is 2. The highest BCUT2D eigenvalue weighted by Gasteiger charge is 2.31. The van der Waals surface area contributed by atoms with E-state index in [-0.39, 0.29) is 17.9 Å². The molecule has 1 saturated heterocycles. The fourth-order valence-electron chi connectivity index (χ4n) is 3.54. The zero-order valence-corrected chi connectivity index (χ0v) is 14.0. The standard InChI is InChI=1S/C18H25N3O2/c1-19(2)18(23)20-10-8-15(9-11-20)17(22)21-12-7-14-5-3-4-6-16(14)13-21/h3-6,15H,7-13H2,1-2H3. The predicted molar refractivity (Wildman–Crippen MR) is 88.9 cm³/mol. The molecule has 0 radical (unpaired) electrons. The van der Waals surface area contributed by atoms with Crippen molar-refractivity contribution in [3.8, 4) is 0 Å². The third kappa shape index (κ3) is 3.33. The molecule has 0 unspecified atom stereocenters. The van der Waals surface area contributed by atoms with Crippen LogP contribution in [0.1, 0.15) is 24.0 Å². The first-order valence-electron chi connectivity index (χ1n) is 8.38. The Bertz CT molecular complexity index is 592. The number of hydrogen-bond acceptors (Lipinski definition) is 2. The average Bonchev–Trinajstić information content (AvgIpc) is 2.60.